The molecule has 21 heavy (non-hydrogen) atoms. The molecular weight excluding hydrogens is 268 g/mol. The van der Waals surface area contributed by atoms with E-state index in [1.807, 2.05) is 24.3 Å². The van der Waals surface area contributed by atoms with Crippen molar-refractivity contribution in [3.63, 3.8) is 0 Å². The summed E-state index contributed by atoms with van der Waals surface area (Å²) in [6.45, 7) is 1.84. The first-order valence-electron chi connectivity index (χ1n) is 6.71. The predicted molar refractivity (Wildman–Crippen MR) is 78.0 cm³/mol. The van der Waals surface area contributed by atoms with Crippen LogP contribution in [-0.2, 0) is 4.79 Å². The molecule has 3 amide bonds. The number of fused-ring (bicyclic) bond motifs is 2. The van der Waals surface area contributed by atoms with E-state index in [-0.39, 0.29) is 30.8 Å². The maximum atomic E-state index is 12.3. The Hall–Kier alpha value is -2.69. The van der Waals surface area contributed by atoms with E-state index in [0.717, 1.165) is 10.8 Å². The van der Waals surface area contributed by atoms with Crippen molar-refractivity contribution in [2.24, 2.45) is 0 Å². The number of nitrogens with zero attached hydrogens (tertiary/aromatic N) is 1. The van der Waals surface area contributed by atoms with Crippen molar-refractivity contribution in [1.82, 2.24) is 10.2 Å². The molecular formula is C16H14N2O3. The highest BCUT2D eigenvalue weighted by atomic mass is 16.2. The van der Waals surface area contributed by atoms with Crippen molar-refractivity contribution < 1.29 is 14.4 Å². The normalized spacial score (nSPS) is 13.7. The van der Waals surface area contributed by atoms with Gasteiger partial charge in [-0.05, 0) is 22.9 Å². The highest BCUT2D eigenvalue weighted by Crippen LogP contribution is 2.27. The van der Waals surface area contributed by atoms with Crippen molar-refractivity contribution in [3.8, 4) is 0 Å². The van der Waals surface area contributed by atoms with E-state index < -0.39 is 0 Å². The Kier molecular flexibility index (Phi) is 3.17. The fraction of sp³-hybridized carbons (Fsp3) is 0.188. The van der Waals surface area contributed by atoms with Gasteiger partial charge in [0.2, 0.25) is 5.91 Å². The van der Waals surface area contributed by atoms with Crippen LogP contribution in [0.1, 0.15) is 27.6 Å². The summed E-state index contributed by atoms with van der Waals surface area (Å²) < 4.78 is 0. The summed E-state index contributed by atoms with van der Waals surface area (Å²) >= 11 is 0. The molecule has 106 valence electrons. The van der Waals surface area contributed by atoms with E-state index in [0.29, 0.717) is 11.1 Å². The molecule has 2 aromatic carbocycles. The SMILES string of the molecule is CC(=O)NCCN1C(=O)c2cc3ccccc3cc2C1=O. The second-order valence-electron chi connectivity index (χ2n) is 4.99. The Morgan fingerprint density at radius 3 is 2.05 bits per heavy atom. The summed E-state index contributed by atoms with van der Waals surface area (Å²) in [4.78, 5) is 36.7. The molecule has 0 atom stereocenters. The molecule has 0 aliphatic carbocycles. The maximum absolute atomic E-state index is 12.3. The molecule has 1 N–H and O–H groups in total. The lowest BCUT2D eigenvalue weighted by Crippen LogP contribution is -2.37. The van der Waals surface area contributed by atoms with Crippen LogP contribution in [0.5, 0.6) is 0 Å². The fourth-order valence-corrected chi connectivity index (χ4v) is 2.52. The van der Waals surface area contributed by atoms with Gasteiger partial charge in [0.1, 0.15) is 0 Å². The number of benzene rings is 2. The molecule has 0 aromatic heterocycles. The average Bonchev–Trinajstić information content (AvgIpc) is 2.69. The number of hydrogen-bond acceptors (Lipinski definition) is 3. The Labute approximate surface area is 121 Å². The third kappa shape index (κ3) is 2.27. The summed E-state index contributed by atoms with van der Waals surface area (Å²) in [5, 5.41) is 4.45. The third-order valence-electron chi connectivity index (χ3n) is 3.55. The zero-order valence-electron chi connectivity index (χ0n) is 11.6. The minimum Gasteiger partial charge on any atom is -0.355 e. The number of hydrogen-bond donors (Lipinski definition) is 1. The minimum absolute atomic E-state index is 0.183. The molecule has 0 radical (unpaired) electrons. The molecule has 0 unspecified atom stereocenters. The molecule has 0 spiro atoms. The molecule has 1 aliphatic rings. The molecule has 0 bridgehead atoms. The Morgan fingerprint density at radius 1 is 1.05 bits per heavy atom. The highest BCUT2D eigenvalue weighted by molar-refractivity contribution is 6.23. The molecule has 2 aromatic rings. The summed E-state index contributed by atoms with van der Waals surface area (Å²) in [5.41, 5.74) is 0.864. The summed E-state index contributed by atoms with van der Waals surface area (Å²) in [6.07, 6.45) is 0. The van der Waals surface area contributed by atoms with Crippen LogP contribution >= 0.6 is 0 Å². The highest BCUT2D eigenvalue weighted by Gasteiger charge is 2.35. The van der Waals surface area contributed by atoms with Crippen LogP contribution in [0.25, 0.3) is 10.8 Å². The number of rotatable bonds is 3. The molecule has 5 heteroatoms. The van der Waals surface area contributed by atoms with E-state index in [9.17, 15) is 14.4 Å². The van der Waals surface area contributed by atoms with E-state index >= 15 is 0 Å². The molecule has 3 rings (SSSR count). The van der Waals surface area contributed by atoms with E-state index in [1.165, 1.54) is 11.8 Å². The van der Waals surface area contributed by atoms with Crippen molar-refractivity contribution >= 4 is 28.5 Å². The van der Waals surface area contributed by atoms with Gasteiger partial charge in [0.05, 0.1) is 11.1 Å². The number of amides is 3. The first kappa shape index (κ1) is 13.3. The monoisotopic (exact) mass is 282 g/mol. The zero-order chi connectivity index (χ0) is 15.0. The quantitative estimate of drug-likeness (QED) is 0.869. The predicted octanol–water partition coefficient (Wildman–Crippen LogP) is 1.57. The Bertz CT molecular complexity index is 713. The lowest BCUT2D eigenvalue weighted by molar-refractivity contribution is -0.119. The lowest BCUT2D eigenvalue weighted by atomic mass is 10.0. The first-order chi connectivity index (χ1) is 10.1. The van der Waals surface area contributed by atoms with Crippen LogP contribution < -0.4 is 5.32 Å². The van der Waals surface area contributed by atoms with Gasteiger partial charge in [0.15, 0.2) is 0 Å². The molecule has 0 saturated carbocycles. The minimum atomic E-state index is -0.300. The standard InChI is InChI=1S/C16H14N2O3/c1-10(19)17-6-7-18-15(20)13-8-11-4-2-3-5-12(11)9-14(13)16(18)21/h2-5,8-9H,6-7H2,1H3,(H,17,19). The van der Waals surface area contributed by atoms with Crippen molar-refractivity contribution in [1.29, 1.82) is 0 Å². The van der Waals surface area contributed by atoms with Crippen molar-refractivity contribution in [2.75, 3.05) is 13.1 Å². The zero-order valence-corrected chi connectivity index (χ0v) is 11.6. The van der Waals surface area contributed by atoms with Gasteiger partial charge < -0.3 is 5.32 Å². The molecule has 0 saturated heterocycles. The van der Waals surface area contributed by atoms with Crippen LogP contribution in [0.4, 0.5) is 0 Å². The van der Waals surface area contributed by atoms with Gasteiger partial charge in [-0.3, -0.25) is 19.3 Å². The van der Waals surface area contributed by atoms with Gasteiger partial charge in [0.25, 0.3) is 11.8 Å². The van der Waals surface area contributed by atoms with Gasteiger partial charge >= 0.3 is 0 Å². The summed E-state index contributed by atoms with van der Waals surface area (Å²) in [6, 6.07) is 11.1. The van der Waals surface area contributed by atoms with Crippen molar-refractivity contribution in [2.45, 2.75) is 6.92 Å². The van der Waals surface area contributed by atoms with E-state index in [4.69, 9.17) is 0 Å². The number of nitrogens with one attached hydrogen (secondary N) is 1. The Balaban J connectivity index is 1.92. The fourth-order valence-electron chi connectivity index (χ4n) is 2.52. The molecule has 1 heterocycles. The van der Waals surface area contributed by atoms with Gasteiger partial charge in [0, 0.05) is 20.0 Å². The van der Waals surface area contributed by atoms with Crippen LogP contribution in [0.3, 0.4) is 0 Å². The van der Waals surface area contributed by atoms with Crippen LogP contribution in [0, 0.1) is 0 Å². The largest absolute Gasteiger partial charge is 0.355 e. The number of carbonyl (C=O) groups excluding carboxylic acids is 3. The second-order valence-corrected chi connectivity index (χ2v) is 4.99. The number of carbonyl (C=O) groups is 3. The van der Waals surface area contributed by atoms with Gasteiger partial charge in [-0.1, -0.05) is 24.3 Å². The molecule has 1 aliphatic heterocycles. The van der Waals surface area contributed by atoms with Crippen LogP contribution in [0.2, 0.25) is 0 Å². The van der Waals surface area contributed by atoms with E-state index in [2.05, 4.69) is 5.32 Å². The van der Waals surface area contributed by atoms with Crippen molar-refractivity contribution in [3.05, 3.63) is 47.5 Å². The Morgan fingerprint density at radius 2 is 1.57 bits per heavy atom. The van der Waals surface area contributed by atoms with Gasteiger partial charge in [-0.25, -0.2) is 0 Å². The third-order valence-corrected chi connectivity index (χ3v) is 3.55. The average molecular weight is 282 g/mol. The lowest BCUT2D eigenvalue weighted by Gasteiger charge is -2.13. The first-order valence-corrected chi connectivity index (χ1v) is 6.71. The summed E-state index contributed by atoms with van der Waals surface area (Å²) in [5.74, 6) is -0.783. The second kappa shape index (κ2) is 5.01. The summed E-state index contributed by atoms with van der Waals surface area (Å²) in [7, 11) is 0. The van der Waals surface area contributed by atoms with E-state index in [1.54, 1.807) is 12.1 Å². The maximum Gasteiger partial charge on any atom is 0.261 e. The molecule has 0 fully saturated rings. The molecule has 5 nitrogen and oxygen atoms in total. The van der Waals surface area contributed by atoms with Gasteiger partial charge in [-0.2, -0.15) is 0 Å². The van der Waals surface area contributed by atoms with Crippen LogP contribution in [-0.4, -0.2) is 35.7 Å². The topological polar surface area (TPSA) is 66.5 Å². The smallest absolute Gasteiger partial charge is 0.261 e. The number of imide groups is 1. The van der Waals surface area contributed by atoms with Gasteiger partial charge in [-0.15, -0.1) is 0 Å². The van der Waals surface area contributed by atoms with Crippen LogP contribution in [0.15, 0.2) is 36.4 Å².